The SMILES string of the molecule is CCNCc1nc(C(F)(F)F)cc2c(-c3cccc(C4(Cc5nncn5C)COC4)c3)n[nH]c12. The Bertz CT molecular complexity index is 1320. The molecule has 0 radical (unpaired) electrons. The highest BCUT2D eigenvalue weighted by atomic mass is 19.4. The van der Waals surface area contributed by atoms with E-state index in [9.17, 15) is 13.2 Å². The monoisotopic (exact) mass is 471 g/mol. The summed E-state index contributed by atoms with van der Waals surface area (Å²) in [5, 5.41) is 18.9. The van der Waals surface area contributed by atoms with Gasteiger partial charge in [0.1, 0.15) is 23.5 Å². The lowest BCUT2D eigenvalue weighted by molar-refractivity contribution is -0.141. The minimum absolute atomic E-state index is 0.205. The smallest absolute Gasteiger partial charge is 0.379 e. The minimum Gasteiger partial charge on any atom is -0.379 e. The van der Waals surface area contributed by atoms with Crippen molar-refractivity contribution in [1.29, 1.82) is 0 Å². The van der Waals surface area contributed by atoms with Gasteiger partial charge in [0.25, 0.3) is 0 Å². The second-order valence-corrected chi connectivity index (χ2v) is 8.62. The van der Waals surface area contributed by atoms with Crippen LogP contribution in [0, 0.1) is 0 Å². The molecule has 1 aliphatic heterocycles. The molecule has 0 unspecified atom stereocenters. The average Bonchev–Trinajstić information content (AvgIpc) is 3.40. The number of aromatic nitrogens is 6. The third kappa shape index (κ3) is 3.94. The van der Waals surface area contributed by atoms with Crippen LogP contribution in [0.5, 0.6) is 0 Å². The summed E-state index contributed by atoms with van der Waals surface area (Å²) in [6.45, 7) is 3.75. The maximum Gasteiger partial charge on any atom is 0.433 e. The van der Waals surface area contributed by atoms with Crippen LogP contribution in [0.4, 0.5) is 13.2 Å². The molecular weight excluding hydrogens is 447 g/mol. The van der Waals surface area contributed by atoms with Crippen LogP contribution in [0.25, 0.3) is 22.2 Å². The van der Waals surface area contributed by atoms with Crippen molar-refractivity contribution >= 4 is 10.9 Å². The molecular formula is C23H24F3N7O. The number of nitrogens with one attached hydrogen (secondary N) is 2. The van der Waals surface area contributed by atoms with E-state index < -0.39 is 11.9 Å². The molecule has 1 fully saturated rings. The molecule has 0 spiro atoms. The average molecular weight is 471 g/mol. The Kier molecular flexibility index (Phi) is 5.61. The molecule has 0 saturated carbocycles. The Hall–Kier alpha value is -3.31. The van der Waals surface area contributed by atoms with E-state index in [0.717, 1.165) is 23.0 Å². The van der Waals surface area contributed by atoms with Gasteiger partial charge in [-0.2, -0.15) is 18.3 Å². The van der Waals surface area contributed by atoms with Gasteiger partial charge in [0.2, 0.25) is 0 Å². The standard InChI is InChI=1S/C23H24F3N7O/c1-3-27-10-17-21-16(8-18(29-17)23(24,25)26)20(31-32-21)14-5-4-6-15(7-14)22(11-34-12-22)9-19-30-28-13-33(19)2/h4-8,13,27H,3,9-12H2,1-2H3,(H,31,32). The number of aryl methyl sites for hydroxylation is 1. The van der Waals surface area contributed by atoms with Crippen LogP contribution in [0.3, 0.4) is 0 Å². The molecule has 4 aromatic rings. The quantitative estimate of drug-likeness (QED) is 0.429. The summed E-state index contributed by atoms with van der Waals surface area (Å²) in [6, 6.07) is 8.81. The van der Waals surface area contributed by atoms with Crippen LogP contribution >= 0.6 is 0 Å². The molecule has 0 amide bonds. The van der Waals surface area contributed by atoms with Gasteiger partial charge < -0.3 is 14.6 Å². The predicted octanol–water partition coefficient (Wildman–Crippen LogP) is 3.39. The molecule has 2 N–H and O–H groups in total. The highest BCUT2D eigenvalue weighted by molar-refractivity contribution is 5.94. The Morgan fingerprint density at radius 3 is 2.71 bits per heavy atom. The zero-order valence-electron chi connectivity index (χ0n) is 18.8. The van der Waals surface area contributed by atoms with E-state index >= 15 is 0 Å². The van der Waals surface area contributed by atoms with Crippen molar-refractivity contribution in [2.45, 2.75) is 31.5 Å². The van der Waals surface area contributed by atoms with Gasteiger partial charge in [0.15, 0.2) is 0 Å². The van der Waals surface area contributed by atoms with Crippen LogP contribution in [0.1, 0.15) is 29.7 Å². The number of benzene rings is 1. The fraction of sp³-hybridized carbons (Fsp3) is 0.391. The fourth-order valence-electron chi connectivity index (χ4n) is 4.30. The Balaban J connectivity index is 1.58. The summed E-state index contributed by atoms with van der Waals surface area (Å²) in [6.07, 6.45) is -2.26. The molecule has 0 aliphatic carbocycles. The van der Waals surface area contributed by atoms with E-state index in [2.05, 4.69) is 30.7 Å². The Morgan fingerprint density at radius 2 is 2.06 bits per heavy atom. The predicted molar refractivity (Wildman–Crippen MR) is 119 cm³/mol. The largest absolute Gasteiger partial charge is 0.433 e. The molecule has 5 rings (SSSR count). The summed E-state index contributed by atoms with van der Waals surface area (Å²) < 4.78 is 48.3. The first-order valence-electron chi connectivity index (χ1n) is 11.0. The maximum atomic E-state index is 13.6. The van der Waals surface area contributed by atoms with E-state index in [-0.39, 0.29) is 17.7 Å². The number of hydrogen-bond acceptors (Lipinski definition) is 6. The number of alkyl halides is 3. The van der Waals surface area contributed by atoms with Gasteiger partial charge >= 0.3 is 6.18 Å². The number of pyridine rings is 1. The van der Waals surface area contributed by atoms with Gasteiger partial charge in [-0.05, 0) is 24.2 Å². The maximum absolute atomic E-state index is 13.6. The second kappa shape index (κ2) is 8.48. The highest BCUT2D eigenvalue weighted by Gasteiger charge is 2.42. The van der Waals surface area contributed by atoms with Gasteiger partial charge in [-0.3, -0.25) is 5.10 Å². The molecule has 1 aliphatic rings. The number of ether oxygens (including phenoxy) is 1. The van der Waals surface area contributed by atoms with Gasteiger partial charge in [-0.1, -0.05) is 25.1 Å². The highest BCUT2D eigenvalue weighted by Crippen LogP contribution is 2.39. The van der Waals surface area contributed by atoms with Crippen molar-refractivity contribution in [2.24, 2.45) is 7.05 Å². The molecule has 34 heavy (non-hydrogen) atoms. The van der Waals surface area contributed by atoms with Crippen LogP contribution in [0.15, 0.2) is 36.7 Å². The van der Waals surface area contributed by atoms with Crippen molar-refractivity contribution in [3.63, 3.8) is 0 Å². The Labute approximate surface area is 193 Å². The van der Waals surface area contributed by atoms with Gasteiger partial charge in [0.05, 0.1) is 24.4 Å². The first-order chi connectivity index (χ1) is 16.3. The third-order valence-corrected chi connectivity index (χ3v) is 6.27. The van der Waals surface area contributed by atoms with E-state index in [1.54, 1.807) is 6.33 Å². The van der Waals surface area contributed by atoms with Gasteiger partial charge in [0, 0.05) is 36.4 Å². The van der Waals surface area contributed by atoms with E-state index in [1.807, 2.05) is 42.8 Å². The number of nitrogens with zero attached hydrogens (tertiary/aromatic N) is 5. The number of halogens is 3. The van der Waals surface area contributed by atoms with Gasteiger partial charge in [-0.25, -0.2) is 4.98 Å². The van der Waals surface area contributed by atoms with Crippen molar-refractivity contribution in [3.05, 3.63) is 59.4 Å². The van der Waals surface area contributed by atoms with Gasteiger partial charge in [-0.15, -0.1) is 10.2 Å². The summed E-state index contributed by atoms with van der Waals surface area (Å²) >= 11 is 0. The fourth-order valence-corrected chi connectivity index (χ4v) is 4.30. The summed E-state index contributed by atoms with van der Waals surface area (Å²) in [4.78, 5) is 3.86. The zero-order valence-corrected chi connectivity index (χ0v) is 18.8. The molecule has 4 heterocycles. The zero-order chi connectivity index (χ0) is 23.9. The normalized spacial score (nSPS) is 15.6. The van der Waals surface area contributed by atoms with Crippen LogP contribution < -0.4 is 5.32 Å². The lowest BCUT2D eigenvalue weighted by atomic mass is 9.75. The summed E-state index contributed by atoms with van der Waals surface area (Å²) in [5.74, 6) is 0.841. The Morgan fingerprint density at radius 1 is 1.24 bits per heavy atom. The first kappa shape index (κ1) is 22.5. The minimum atomic E-state index is -4.56. The molecule has 3 aromatic heterocycles. The number of H-pyrrole nitrogens is 1. The van der Waals surface area contributed by atoms with E-state index in [1.165, 1.54) is 0 Å². The van der Waals surface area contributed by atoms with E-state index in [0.29, 0.717) is 42.8 Å². The number of hydrogen-bond donors (Lipinski definition) is 2. The molecule has 11 heteroatoms. The van der Waals surface area contributed by atoms with Crippen molar-refractivity contribution in [3.8, 4) is 11.3 Å². The second-order valence-electron chi connectivity index (χ2n) is 8.62. The molecule has 1 aromatic carbocycles. The topological polar surface area (TPSA) is 93.5 Å². The number of rotatable bonds is 7. The van der Waals surface area contributed by atoms with Crippen LogP contribution in [0.2, 0.25) is 0 Å². The van der Waals surface area contributed by atoms with Crippen molar-refractivity contribution < 1.29 is 17.9 Å². The number of fused-ring (bicyclic) bond motifs is 1. The van der Waals surface area contributed by atoms with E-state index in [4.69, 9.17) is 4.74 Å². The number of aromatic amines is 1. The lowest BCUT2D eigenvalue weighted by Crippen LogP contribution is -2.49. The molecule has 1 saturated heterocycles. The van der Waals surface area contributed by atoms with Crippen LogP contribution in [-0.2, 0) is 36.3 Å². The van der Waals surface area contributed by atoms with Crippen LogP contribution in [-0.4, -0.2) is 49.7 Å². The summed E-state index contributed by atoms with van der Waals surface area (Å²) in [5.41, 5.74) is 1.77. The molecule has 178 valence electrons. The van der Waals surface area contributed by atoms with Crippen molar-refractivity contribution in [2.75, 3.05) is 19.8 Å². The molecule has 8 nitrogen and oxygen atoms in total. The van der Waals surface area contributed by atoms with Crippen molar-refractivity contribution in [1.82, 2.24) is 35.3 Å². The third-order valence-electron chi connectivity index (χ3n) is 6.27. The first-order valence-corrected chi connectivity index (χ1v) is 11.0. The lowest BCUT2D eigenvalue weighted by Gasteiger charge is -2.41. The molecule has 0 bridgehead atoms. The summed E-state index contributed by atoms with van der Waals surface area (Å²) in [7, 11) is 1.89. The molecule has 0 atom stereocenters.